The average Bonchev–Trinajstić information content (AvgIpc) is 2.80. The topological polar surface area (TPSA) is 92.9 Å². The molecular formula is C15H18FN3O4S. The second-order valence-corrected chi connectivity index (χ2v) is 7.41. The first-order valence-corrected chi connectivity index (χ1v) is 9.11. The van der Waals surface area contributed by atoms with Crippen molar-refractivity contribution in [2.24, 2.45) is 5.73 Å². The fraction of sp³-hybridized carbons (Fsp3) is 0.467. The van der Waals surface area contributed by atoms with E-state index in [0.717, 1.165) is 6.42 Å². The van der Waals surface area contributed by atoms with Crippen LogP contribution >= 0.6 is 0 Å². The van der Waals surface area contributed by atoms with Gasteiger partial charge in [0.25, 0.3) is 5.91 Å². The SMILES string of the molecule is NC(=O)[C@H]1CN(c2ccc(N3CCCS(=O)CC3)c(F)c2)C(=O)O1. The van der Waals surface area contributed by atoms with E-state index in [-0.39, 0.29) is 6.54 Å². The summed E-state index contributed by atoms with van der Waals surface area (Å²) in [6.45, 7) is 1.13. The van der Waals surface area contributed by atoms with E-state index < -0.39 is 34.7 Å². The molecule has 9 heteroatoms. The molecule has 2 aliphatic rings. The summed E-state index contributed by atoms with van der Waals surface area (Å²) < 4.78 is 31.0. The van der Waals surface area contributed by atoms with Crippen LogP contribution in [-0.4, -0.2) is 53.5 Å². The molecule has 2 fully saturated rings. The third kappa shape index (κ3) is 3.35. The van der Waals surface area contributed by atoms with Crippen LogP contribution in [0.1, 0.15) is 6.42 Å². The molecule has 130 valence electrons. The molecule has 2 heterocycles. The van der Waals surface area contributed by atoms with Crippen molar-refractivity contribution in [1.82, 2.24) is 0 Å². The molecule has 1 unspecified atom stereocenters. The quantitative estimate of drug-likeness (QED) is 0.857. The lowest BCUT2D eigenvalue weighted by molar-refractivity contribution is -0.124. The van der Waals surface area contributed by atoms with Gasteiger partial charge in [0.15, 0.2) is 6.10 Å². The summed E-state index contributed by atoms with van der Waals surface area (Å²) in [7, 11) is -0.856. The molecule has 0 spiro atoms. The van der Waals surface area contributed by atoms with Crippen LogP contribution in [0.2, 0.25) is 0 Å². The first-order chi connectivity index (χ1) is 11.5. The van der Waals surface area contributed by atoms with Gasteiger partial charge in [0.2, 0.25) is 0 Å². The van der Waals surface area contributed by atoms with Gasteiger partial charge in [0.1, 0.15) is 5.82 Å². The van der Waals surface area contributed by atoms with E-state index in [1.807, 2.05) is 4.90 Å². The summed E-state index contributed by atoms with van der Waals surface area (Å²) in [4.78, 5) is 26.0. The molecular weight excluding hydrogens is 337 g/mol. The molecule has 3 rings (SSSR count). The first kappa shape index (κ1) is 16.7. The molecule has 0 saturated carbocycles. The maximum absolute atomic E-state index is 14.5. The number of nitrogens with two attached hydrogens (primary N) is 1. The maximum Gasteiger partial charge on any atom is 0.415 e. The van der Waals surface area contributed by atoms with Crippen molar-refractivity contribution >= 4 is 34.2 Å². The standard InChI is InChI=1S/C15H18FN3O4S/c16-11-8-10(19-9-13(14(17)20)23-15(19)21)2-3-12(11)18-4-1-6-24(22)7-5-18/h2-3,8,13H,1,4-7,9H2,(H2,17,20)/t13-,24?/m1/s1. The minimum Gasteiger partial charge on any atom is -0.434 e. The first-order valence-electron chi connectivity index (χ1n) is 7.62. The average molecular weight is 355 g/mol. The predicted molar refractivity (Wildman–Crippen MR) is 87.9 cm³/mol. The number of benzene rings is 1. The van der Waals surface area contributed by atoms with Gasteiger partial charge in [0.05, 0.1) is 17.9 Å². The Morgan fingerprint density at radius 3 is 2.79 bits per heavy atom. The summed E-state index contributed by atoms with van der Waals surface area (Å²) in [5.41, 5.74) is 5.85. The Morgan fingerprint density at radius 2 is 2.12 bits per heavy atom. The van der Waals surface area contributed by atoms with Crippen molar-refractivity contribution in [2.75, 3.05) is 40.9 Å². The Hall–Kier alpha value is -2.16. The number of carbonyl (C=O) groups is 2. The van der Waals surface area contributed by atoms with Crippen LogP contribution in [-0.2, 0) is 20.3 Å². The Morgan fingerprint density at radius 1 is 1.33 bits per heavy atom. The zero-order chi connectivity index (χ0) is 17.3. The molecule has 2 aliphatic heterocycles. The molecule has 7 nitrogen and oxygen atoms in total. The third-order valence-electron chi connectivity index (χ3n) is 4.10. The Balaban J connectivity index is 1.79. The normalized spacial score (nSPS) is 24.6. The minimum absolute atomic E-state index is 0.0321. The Labute approximate surface area is 141 Å². The van der Waals surface area contributed by atoms with E-state index in [0.29, 0.717) is 36.0 Å². The van der Waals surface area contributed by atoms with Gasteiger partial charge in [-0.2, -0.15) is 0 Å². The predicted octanol–water partition coefficient (Wildman–Crippen LogP) is 0.595. The molecule has 0 bridgehead atoms. The van der Waals surface area contributed by atoms with Gasteiger partial charge in [-0.1, -0.05) is 0 Å². The lowest BCUT2D eigenvalue weighted by Gasteiger charge is -2.23. The fourth-order valence-electron chi connectivity index (χ4n) is 2.83. The van der Waals surface area contributed by atoms with Crippen LogP contribution in [0.3, 0.4) is 0 Å². The molecule has 2 atom stereocenters. The van der Waals surface area contributed by atoms with Crippen LogP contribution < -0.4 is 15.5 Å². The molecule has 0 aromatic heterocycles. The number of hydrogen-bond donors (Lipinski definition) is 1. The van der Waals surface area contributed by atoms with Crippen molar-refractivity contribution in [3.8, 4) is 0 Å². The van der Waals surface area contributed by atoms with Gasteiger partial charge in [-0.3, -0.25) is 13.9 Å². The summed E-state index contributed by atoms with van der Waals surface area (Å²) in [5, 5.41) is 0. The maximum atomic E-state index is 14.5. The monoisotopic (exact) mass is 355 g/mol. The zero-order valence-electron chi connectivity index (χ0n) is 12.9. The number of cyclic esters (lactones) is 1. The third-order valence-corrected chi connectivity index (χ3v) is 5.48. The summed E-state index contributed by atoms with van der Waals surface area (Å²) in [5.74, 6) is -0.0689. The van der Waals surface area contributed by atoms with Gasteiger partial charge in [-0.15, -0.1) is 0 Å². The van der Waals surface area contributed by atoms with Gasteiger partial charge >= 0.3 is 6.09 Å². The molecule has 1 aromatic carbocycles. The van der Waals surface area contributed by atoms with Crippen molar-refractivity contribution in [3.63, 3.8) is 0 Å². The number of nitrogens with zero attached hydrogens (tertiary/aromatic N) is 2. The van der Waals surface area contributed by atoms with Crippen LogP contribution in [0, 0.1) is 5.82 Å². The highest BCUT2D eigenvalue weighted by molar-refractivity contribution is 7.85. The summed E-state index contributed by atoms with van der Waals surface area (Å²) in [6, 6.07) is 4.43. The molecule has 2 saturated heterocycles. The molecule has 24 heavy (non-hydrogen) atoms. The van der Waals surface area contributed by atoms with Crippen molar-refractivity contribution in [1.29, 1.82) is 0 Å². The van der Waals surface area contributed by atoms with E-state index in [1.165, 1.54) is 11.0 Å². The van der Waals surface area contributed by atoms with Gasteiger partial charge in [-0.05, 0) is 24.6 Å². The molecule has 0 radical (unpaired) electrons. The Kier molecular flexibility index (Phi) is 4.70. The highest BCUT2D eigenvalue weighted by Gasteiger charge is 2.36. The number of amides is 2. The minimum atomic E-state index is -1.03. The lowest BCUT2D eigenvalue weighted by Crippen LogP contribution is -2.32. The number of halogens is 1. The smallest absolute Gasteiger partial charge is 0.415 e. The second-order valence-electron chi connectivity index (χ2n) is 5.71. The summed E-state index contributed by atoms with van der Waals surface area (Å²) in [6.07, 6.45) is -1.01. The van der Waals surface area contributed by atoms with Gasteiger partial charge < -0.3 is 15.4 Å². The number of hydrogen-bond acceptors (Lipinski definition) is 5. The molecule has 1 aromatic rings. The largest absolute Gasteiger partial charge is 0.434 e. The lowest BCUT2D eigenvalue weighted by atomic mass is 10.2. The van der Waals surface area contributed by atoms with E-state index in [2.05, 4.69) is 0 Å². The Bertz CT molecular complexity index is 699. The van der Waals surface area contributed by atoms with Crippen LogP contribution in [0.15, 0.2) is 18.2 Å². The highest BCUT2D eigenvalue weighted by atomic mass is 32.2. The van der Waals surface area contributed by atoms with Crippen LogP contribution in [0.5, 0.6) is 0 Å². The van der Waals surface area contributed by atoms with Crippen molar-refractivity contribution in [2.45, 2.75) is 12.5 Å². The number of ether oxygens (including phenoxy) is 1. The van der Waals surface area contributed by atoms with E-state index >= 15 is 0 Å². The number of carbonyl (C=O) groups excluding carboxylic acids is 2. The number of anilines is 2. The van der Waals surface area contributed by atoms with Crippen molar-refractivity contribution < 1.29 is 22.9 Å². The fourth-order valence-corrected chi connectivity index (χ4v) is 3.90. The molecule has 0 aliphatic carbocycles. The van der Waals surface area contributed by atoms with Crippen molar-refractivity contribution in [3.05, 3.63) is 24.0 Å². The number of rotatable bonds is 3. The van der Waals surface area contributed by atoms with Gasteiger partial charge in [-0.25, -0.2) is 9.18 Å². The highest BCUT2D eigenvalue weighted by Crippen LogP contribution is 2.28. The zero-order valence-corrected chi connectivity index (χ0v) is 13.8. The molecule has 2 amide bonds. The van der Waals surface area contributed by atoms with E-state index in [4.69, 9.17) is 10.5 Å². The van der Waals surface area contributed by atoms with E-state index in [9.17, 15) is 18.2 Å². The van der Waals surface area contributed by atoms with Gasteiger partial charge in [0, 0.05) is 35.4 Å². The summed E-state index contributed by atoms with van der Waals surface area (Å²) >= 11 is 0. The number of primary amides is 1. The van der Waals surface area contributed by atoms with Crippen LogP contribution in [0.25, 0.3) is 0 Å². The molecule has 2 N–H and O–H groups in total. The van der Waals surface area contributed by atoms with E-state index in [1.54, 1.807) is 12.1 Å². The second kappa shape index (κ2) is 6.76. The van der Waals surface area contributed by atoms with Crippen LogP contribution in [0.4, 0.5) is 20.6 Å².